The van der Waals surface area contributed by atoms with Gasteiger partial charge in [0.05, 0.1) is 27.9 Å². The van der Waals surface area contributed by atoms with E-state index in [-0.39, 0.29) is 5.02 Å². The van der Waals surface area contributed by atoms with Crippen molar-refractivity contribution in [3.8, 4) is 0 Å². The van der Waals surface area contributed by atoms with Crippen molar-refractivity contribution in [3.05, 3.63) is 27.7 Å². The summed E-state index contributed by atoms with van der Waals surface area (Å²) in [4.78, 5) is 6.18. The van der Waals surface area contributed by atoms with Gasteiger partial charge in [-0.25, -0.2) is 0 Å². The molecule has 0 amide bonds. The lowest BCUT2D eigenvalue weighted by molar-refractivity contribution is -0.0221. The summed E-state index contributed by atoms with van der Waals surface area (Å²) in [6.45, 7) is -0.447. The van der Waals surface area contributed by atoms with E-state index in [9.17, 15) is 15.3 Å². The van der Waals surface area contributed by atoms with Crippen LogP contribution >= 0.6 is 34.8 Å². The van der Waals surface area contributed by atoms with Gasteiger partial charge in [0.1, 0.15) is 30.9 Å². The van der Waals surface area contributed by atoms with Crippen molar-refractivity contribution in [2.24, 2.45) is 5.16 Å². The molecule has 1 fully saturated rings. The lowest BCUT2D eigenvalue weighted by Crippen LogP contribution is -2.46. The molecular formula is C15H15Cl3N2O5. The molecule has 3 N–H and O–H groups in total. The van der Waals surface area contributed by atoms with Gasteiger partial charge in [0.2, 0.25) is 0 Å². The summed E-state index contributed by atoms with van der Waals surface area (Å²) < 4.78 is 5.58. The number of ether oxygens (including phenoxy) is 1. The van der Waals surface area contributed by atoms with Crippen LogP contribution in [0.1, 0.15) is 5.56 Å². The van der Waals surface area contributed by atoms with Crippen LogP contribution in [0.15, 0.2) is 17.3 Å². The number of fused-ring (bicyclic) bond motifs is 1. The fourth-order valence-corrected chi connectivity index (χ4v) is 3.64. The molecule has 0 spiro atoms. The first-order valence-corrected chi connectivity index (χ1v) is 8.50. The minimum Gasteiger partial charge on any atom is -0.394 e. The summed E-state index contributed by atoms with van der Waals surface area (Å²) in [5.74, 6) is 2.68. The maximum Gasteiger partial charge on any atom is 0.161 e. The zero-order valence-corrected chi connectivity index (χ0v) is 15.2. The minimum absolute atomic E-state index is 0.283. The number of halogens is 3. The Kier molecular flexibility index (Phi) is 5.48. The number of alkyl halides is 1. The van der Waals surface area contributed by atoms with Gasteiger partial charge >= 0.3 is 0 Å². The third-order valence-corrected chi connectivity index (χ3v) is 5.29. The first-order chi connectivity index (χ1) is 11.9. The number of nitrogens with zero attached hydrogens (tertiary/aromatic N) is 2. The molecule has 0 aliphatic carbocycles. The normalized spacial score (nSPS) is 31.1. The Morgan fingerprint density at radius 2 is 1.96 bits per heavy atom. The van der Waals surface area contributed by atoms with Crippen LogP contribution in [0.5, 0.6) is 0 Å². The van der Waals surface area contributed by atoms with Gasteiger partial charge in [0.25, 0.3) is 0 Å². The highest BCUT2D eigenvalue weighted by Gasteiger charge is 2.50. The molecule has 0 bridgehead atoms. The lowest BCUT2D eigenvalue weighted by Gasteiger charge is -2.31. The monoisotopic (exact) mass is 408 g/mol. The molecule has 25 heavy (non-hydrogen) atoms. The van der Waals surface area contributed by atoms with Crippen molar-refractivity contribution >= 4 is 51.9 Å². The van der Waals surface area contributed by atoms with Crippen LogP contribution < -0.4 is 4.90 Å². The summed E-state index contributed by atoms with van der Waals surface area (Å²) in [6.07, 6.45) is -4.49. The largest absolute Gasteiger partial charge is 0.394 e. The van der Waals surface area contributed by atoms with Gasteiger partial charge in [-0.3, -0.25) is 0 Å². The van der Waals surface area contributed by atoms with E-state index >= 15 is 0 Å². The van der Waals surface area contributed by atoms with E-state index in [4.69, 9.17) is 39.5 Å². The molecule has 3 rings (SSSR count). The summed E-state index contributed by atoms with van der Waals surface area (Å²) in [7, 11) is 1.37. The van der Waals surface area contributed by atoms with Gasteiger partial charge in [-0.1, -0.05) is 34.8 Å². The van der Waals surface area contributed by atoms with Gasteiger partial charge in [-0.15, -0.1) is 0 Å². The van der Waals surface area contributed by atoms with E-state index in [2.05, 4.69) is 15.9 Å². The number of benzene rings is 1. The molecule has 0 radical (unpaired) electrons. The van der Waals surface area contributed by atoms with Gasteiger partial charge in [-0.05, 0) is 17.3 Å². The van der Waals surface area contributed by atoms with E-state index in [1.807, 2.05) is 0 Å². The van der Waals surface area contributed by atoms with Crippen LogP contribution in [0.4, 0.5) is 5.69 Å². The maximum atomic E-state index is 10.3. The highest BCUT2D eigenvalue weighted by molar-refractivity contribution is 6.43. The van der Waals surface area contributed by atoms with Crippen LogP contribution in [0, 0.1) is 0 Å². The molecule has 1 aromatic rings. The van der Waals surface area contributed by atoms with Crippen molar-refractivity contribution in [2.45, 2.75) is 30.0 Å². The van der Waals surface area contributed by atoms with Gasteiger partial charge < -0.3 is 29.8 Å². The Bertz CT molecular complexity index is 740. The molecule has 1 saturated heterocycles. The topological polar surface area (TPSA) is 94.8 Å². The highest BCUT2D eigenvalue weighted by Crippen LogP contribution is 2.47. The third-order valence-electron chi connectivity index (χ3n) is 4.14. The number of rotatable bonds is 3. The molecule has 5 atom stereocenters. The van der Waals surface area contributed by atoms with Gasteiger partial charge in [-0.2, -0.15) is 0 Å². The predicted molar refractivity (Wildman–Crippen MR) is 94.2 cm³/mol. The molecular weight excluding hydrogens is 395 g/mol. The predicted octanol–water partition coefficient (Wildman–Crippen LogP) is 1.43. The molecule has 1 aromatic carbocycles. The second-order valence-corrected chi connectivity index (χ2v) is 6.78. The second kappa shape index (κ2) is 7.31. The first kappa shape index (κ1) is 18.8. The zero-order chi connectivity index (χ0) is 18.3. The Balaban J connectivity index is 2.10. The first-order valence-electron chi connectivity index (χ1n) is 7.31. The molecule has 2 aliphatic rings. The zero-order valence-electron chi connectivity index (χ0n) is 12.9. The highest BCUT2D eigenvalue weighted by atomic mass is 35.5. The number of anilines is 1. The van der Waals surface area contributed by atoms with Crippen molar-refractivity contribution in [3.63, 3.8) is 0 Å². The fourth-order valence-electron chi connectivity index (χ4n) is 2.94. The van der Waals surface area contributed by atoms with Crippen LogP contribution in [-0.4, -0.2) is 64.9 Å². The van der Waals surface area contributed by atoms with Crippen LogP contribution in [-0.2, 0) is 9.57 Å². The Labute approximate surface area is 158 Å². The fraction of sp³-hybridized carbons (Fsp3) is 0.467. The molecule has 7 nitrogen and oxygen atoms in total. The molecule has 2 heterocycles. The van der Waals surface area contributed by atoms with Crippen molar-refractivity contribution < 1.29 is 24.9 Å². The van der Waals surface area contributed by atoms with Crippen LogP contribution in [0.25, 0.3) is 5.57 Å². The average Bonchev–Trinajstić information content (AvgIpc) is 3.01. The van der Waals surface area contributed by atoms with E-state index in [1.54, 1.807) is 12.1 Å². The molecule has 136 valence electrons. The maximum absolute atomic E-state index is 10.3. The Hall–Kier alpha value is -1.02. The Morgan fingerprint density at radius 3 is 2.56 bits per heavy atom. The molecule has 0 aromatic heterocycles. The van der Waals surface area contributed by atoms with Crippen molar-refractivity contribution in [1.82, 2.24) is 0 Å². The van der Waals surface area contributed by atoms with Crippen molar-refractivity contribution in [1.29, 1.82) is 0 Å². The van der Waals surface area contributed by atoms with Gasteiger partial charge in [0.15, 0.2) is 6.23 Å². The summed E-state index contributed by atoms with van der Waals surface area (Å²) in [5, 5.41) is 33.8. The third kappa shape index (κ3) is 3.12. The number of aliphatic hydroxyl groups excluding tert-OH is 3. The summed E-state index contributed by atoms with van der Waals surface area (Å²) in [6, 6.07) is 3.17. The summed E-state index contributed by atoms with van der Waals surface area (Å²) >= 11 is 18.7. The SMILES string of the molecule is CON=C=C1c2cc(Cl)c(Cl)cc2N([C@@H]2O[C@H](CO)[C@@H](O)[C@H]2O)C1Cl. The molecule has 2 aliphatic heterocycles. The van der Waals surface area contributed by atoms with Gasteiger partial charge in [0, 0.05) is 11.4 Å². The quantitative estimate of drug-likeness (QED) is 0.303. The summed E-state index contributed by atoms with van der Waals surface area (Å²) in [5.41, 5.74) is 0.716. The average molecular weight is 410 g/mol. The molecule has 0 saturated carbocycles. The molecule has 10 heteroatoms. The number of hydrogen-bond acceptors (Lipinski definition) is 7. The van der Waals surface area contributed by atoms with Crippen LogP contribution in [0.2, 0.25) is 10.0 Å². The second-order valence-electron chi connectivity index (χ2n) is 5.55. The number of aliphatic hydroxyl groups is 3. The lowest BCUT2D eigenvalue weighted by atomic mass is 10.1. The molecule has 1 unspecified atom stereocenters. The Morgan fingerprint density at radius 1 is 1.28 bits per heavy atom. The van der Waals surface area contributed by atoms with Crippen LogP contribution in [0.3, 0.4) is 0 Å². The van der Waals surface area contributed by atoms with E-state index in [0.29, 0.717) is 21.8 Å². The van der Waals surface area contributed by atoms with E-state index in [1.165, 1.54) is 12.0 Å². The minimum atomic E-state index is -1.29. The number of hydrogen-bond donors (Lipinski definition) is 3. The van der Waals surface area contributed by atoms with E-state index < -0.39 is 36.6 Å². The smallest absolute Gasteiger partial charge is 0.161 e. The van der Waals surface area contributed by atoms with E-state index in [0.717, 1.165) is 0 Å². The standard InChI is InChI=1S/C15H15Cl3N2O5/c1-24-19-4-7-6-2-8(16)9(17)3-10(6)20(14(7)18)15-13(23)12(22)11(5-21)25-15/h2-3,11-15,21-23H,5H2,1H3/t11-,12-,13-,14?,15-/m1/s1. The van der Waals surface area contributed by atoms with Crippen molar-refractivity contribution in [2.75, 3.05) is 18.6 Å².